The fourth-order valence-electron chi connectivity index (χ4n) is 3.49. The third-order valence-corrected chi connectivity index (χ3v) is 4.93. The Morgan fingerprint density at radius 2 is 2.32 bits per heavy atom. The average molecular weight is 339 g/mol. The first-order valence-electron chi connectivity index (χ1n) is 8.88. The molecule has 0 amide bonds. The number of aromatic amines is 1. The Morgan fingerprint density at radius 3 is 3.16 bits per heavy atom. The second kappa shape index (κ2) is 6.38. The van der Waals surface area contributed by atoms with E-state index in [2.05, 4.69) is 32.2 Å². The number of aromatic nitrogens is 5. The van der Waals surface area contributed by atoms with E-state index in [9.17, 15) is 4.79 Å². The molecule has 1 aliphatic carbocycles. The van der Waals surface area contributed by atoms with Crippen molar-refractivity contribution in [3.05, 3.63) is 23.2 Å². The Morgan fingerprint density at radius 1 is 1.44 bits per heavy atom. The summed E-state index contributed by atoms with van der Waals surface area (Å²) in [5.74, 6) is 1.30. The lowest BCUT2D eigenvalue weighted by Crippen LogP contribution is -2.17. The van der Waals surface area contributed by atoms with Crippen LogP contribution in [-0.4, -0.2) is 31.1 Å². The highest BCUT2D eigenvalue weighted by atomic mass is 16.5. The lowest BCUT2D eigenvalue weighted by Gasteiger charge is -2.19. The van der Waals surface area contributed by atoms with Crippen molar-refractivity contribution in [1.29, 1.82) is 0 Å². The van der Waals surface area contributed by atoms with Crippen LogP contribution in [0.3, 0.4) is 0 Å². The first kappa shape index (κ1) is 15.9. The van der Waals surface area contributed by atoms with Gasteiger partial charge in [0.05, 0.1) is 11.3 Å². The zero-order valence-corrected chi connectivity index (χ0v) is 14.5. The van der Waals surface area contributed by atoms with E-state index >= 15 is 0 Å². The molecule has 0 radical (unpaired) electrons. The molecule has 7 heteroatoms. The van der Waals surface area contributed by atoms with Gasteiger partial charge < -0.3 is 4.52 Å². The Balaban J connectivity index is 1.70. The quantitative estimate of drug-likeness (QED) is 0.764. The summed E-state index contributed by atoms with van der Waals surface area (Å²) < 4.78 is 5.59. The summed E-state index contributed by atoms with van der Waals surface area (Å²) >= 11 is 0. The molecular formula is C18H21N5O2. The molecule has 130 valence electrons. The summed E-state index contributed by atoms with van der Waals surface area (Å²) in [6.07, 6.45) is 6.92. The number of unbranched alkanes of at least 4 members (excludes halogenated alkanes) is 1. The Labute approximate surface area is 145 Å². The van der Waals surface area contributed by atoms with Gasteiger partial charge in [-0.2, -0.15) is 5.10 Å². The van der Waals surface area contributed by atoms with Crippen molar-refractivity contribution >= 4 is 16.8 Å². The van der Waals surface area contributed by atoms with E-state index in [0.29, 0.717) is 29.3 Å². The van der Waals surface area contributed by atoms with Crippen LogP contribution in [0.2, 0.25) is 0 Å². The molecule has 0 spiro atoms. The monoisotopic (exact) mass is 339 g/mol. The molecule has 0 saturated heterocycles. The zero-order valence-electron chi connectivity index (χ0n) is 14.5. The van der Waals surface area contributed by atoms with Crippen LogP contribution in [0.1, 0.15) is 62.0 Å². The predicted molar refractivity (Wildman–Crippen MR) is 92.1 cm³/mol. The molecule has 4 rings (SSSR count). The highest BCUT2D eigenvalue weighted by Gasteiger charge is 2.33. The molecular weight excluding hydrogens is 318 g/mol. The van der Waals surface area contributed by atoms with Gasteiger partial charge in [-0.1, -0.05) is 18.5 Å². The van der Waals surface area contributed by atoms with Gasteiger partial charge >= 0.3 is 0 Å². The lowest BCUT2D eigenvalue weighted by molar-refractivity contribution is -0.121. The number of fused-ring (bicyclic) bond motifs is 2. The van der Waals surface area contributed by atoms with Crippen LogP contribution in [0.15, 0.2) is 10.7 Å². The van der Waals surface area contributed by atoms with E-state index in [4.69, 9.17) is 4.52 Å². The van der Waals surface area contributed by atoms with E-state index in [1.54, 1.807) is 6.20 Å². The van der Waals surface area contributed by atoms with Crippen LogP contribution in [0.5, 0.6) is 0 Å². The molecule has 0 aliphatic heterocycles. The topological polar surface area (TPSA) is 97.6 Å². The van der Waals surface area contributed by atoms with Gasteiger partial charge in [0.2, 0.25) is 0 Å². The maximum atomic E-state index is 12.5. The van der Waals surface area contributed by atoms with Crippen molar-refractivity contribution in [1.82, 2.24) is 25.3 Å². The van der Waals surface area contributed by atoms with Gasteiger partial charge in [-0.3, -0.25) is 9.89 Å². The highest BCUT2D eigenvalue weighted by Crippen LogP contribution is 2.38. The number of rotatable bonds is 5. The summed E-state index contributed by atoms with van der Waals surface area (Å²) in [5, 5.41) is 12.2. The number of H-pyrrole nitrogens is 1. The highest BCUT2D eigenvalue weighted by molar-refractivity contribution is 5.86. The molecule has 0 bridgehead atoms. The Bertz CT molecular complexity index is 927. The van der Waals surface area contributed by atoms with Crippen molar-refractivity contribution in [2.24, 2.45) is 0 Å². The minimum atomic E-state index is -0.173. The first-order valence-corrected chi connectivity index (χ1v) is 8.88. The second-order valence-electron chi connectivity index (χ2n) is 6.67. The van der Waals surface area contributed by atoms with E-state index in [0.717, 1.165) is 48.7 Å². The van der Waals surface area contributed by atoms with Gasteiger partial charge in [-0.25, -0.2) is 9.97 Å². The summed E-state index contributed by atoms with van der Waals surface area (Å²) in [7, 11) is 0. The number of carbonyl (C=O) groups is 1. The van der Waals surface area contributed by atoms with Gasteiger partial charge in [-0.15, -0.1) is 0 Å². The van der Waals surface area contributed by atoms with Gasteiger partial charge in [0, 0.05) is 23.9 Å². The molecule has 25 heavy (non-hydrogen) atoms. The van der Waals surface area contributed by atoms with Crippen LogP contribution < -0.4 is 0 Å². The van der Waals surface area contributed by atoms with Crippen molar-refractivity contribution in [2.75, 3.05) is 0 Å². The maximum absolute atomic E-state index is 12.5. The minimum absolute atomic E-state index is 0.173. The number of carbonyl (C=O) groups excluding carboxylic acids is 1. The number of Topliss-reactive ketones (excluding diaryl/α,β-unsaturated/α-hetero) is 1. The molecule has 1 aliphatic rings. The smallest absolute Gasteiger partial charge is 0.184 e. The number of nitrogens with one attached hydrogen (secondary N) is 1. The largest absolute Gasteiger partial charge is 0.360 e. The van der Waals surface area contributed by atoms with Gasteiger partial charge in [0.25, 0.3) is 0 Å². The van der Waals surface area contributed by atoms with Crippen LogP contribution in [0.4, 0.5) is 0 Å². The maximum Gasteiger partial charge on any atom is 0.184 e. The molecule has 0 aromatic carbocycles. The molecule has 3 heterocycles. The molecule has 1 atom stereocenters. The number of nitrogens with zero attached hydrogens (tertiary/aromatic N) is 4. The fourth-order valence-corrected chi connectivity index (χ4v) is 3.49. The minimum Gasteiger partial charge on any atom is -0.360 e. The van der Waals surface area contributed by atoms with Crippen molar-refractivity contribution in [2.45, 2.75) is 58.3 Å². The predicted octanol–water partition coefficient (Wildman–Crippen LogP) is 3.50. The third-order valence-electron chi connectivity index (χ3n) is 4.93. The van der Waals surface area contributed by atoms with E-state index in [1.165, 1.54) is 0 Å². The molecule has 7 nitrogen and oxygen atoms in total. The summed E-state index contributed by atoms with van der Waals surface area (Å²) in [6.45, 7) is 4.03. The Hall–Kier alpha value is -2.57. The van der Waals surface area contributed by atoms with E-state index < -0.39 is 0 Å². The van der Waals surface area contributed by atoms with Gasteiger partial charge in [0.1, 0.15) is 5.78 Å². The second-order valence-corrected chi connectivity index (χ2v) is 6.67. The van der Waals surface area contributed by atoms with E-state index in [1.807, 2.05) is 6.92 Å². The normalized spacial score (nSPS) is 17.0. The van der Waals surface area contributed by atoms with Crippen molar-refractivity contribution in [3.8, 4) is 11.5 Å². The number of hydrogen-bond acceptors (Lipinski definition) is 6. The fraction of sp³-hybridized carbons (Fsp3) is 0.500. The van der Waals surface area contributed by atoms with E-state index in [-0.39, 0.29) is 11.7 Å². The Kier molecular flexibility index (Phi) is 4.07. The molecule has 3 aromatic heterocycles. The molecule has 1 N–H and O–H groups in total. The SMILES string of the molecule is CCCCC(=O)C1CCCc2c(-c3ncc4c(C)[nH]nc4n3)noc21. The average Bonchev–Trinajstić information content (AvgIpc) is 3.23. The number of aryl methyl sites for hydroxylation is 1. The number of ketones is 1. The van der Waals surface area contributed by atoms with Crippen LogP contribution in [0.25, 0.3) is 22.6 Å². The van der Waals surface area contributed by atoms with Crippen LogP contribution in [0, 0.1) is 6.92 Å². The molecule has 1 unspecified atom stereocenters. The van der Waals surface area contributed by atoms with Crippen molar-refractivity contribution in [3.63, 3.8) is 0 Å². The standard InChI is InChI=1S/C18H21N5O2/c1-3-4-8-14(24)11-6-5-7-12-15(23-25-16(11)12)18-19-9-13-10(2)21-22-17(13)20-18/h9,11H,3-8H2,1-2H3,(H,19,20,21,22). The first-order chi connectivity index (χ1) is 12.2. The van der Waals surface area contributed by atoms with Crippen LogP contribution >= 0.6 is 0 Å². The third kappa shape index (κ3) is 2.73. The van der Waals surface area contributed by atoms with Gasteiger partial charge in [-0.05, 0) is 32.6 Å². The summed E-state index contributed by atoms with van der Waals surface area (Å²) in [6, 6.07) is 0. The zero-order chi connectivity index (χ0) is 17.4. The number of hydrogen-bond donors (Lipinski definition) is 1. The summed E-state index contributed by atoms with van der Waals surface area (Å²) in [4.78, 5) is 21.4. The summed E-state index contributed by atoms with van der Waals surface area (Å²) in [5.41, 5.74) is 3.18. The molecule has 0 fully saturated rings. The molecule has 0 saturated carbocycles. The molecule has 3 aromatic rings. The van der Waals surface area contributed by atoms with Crippen LogP contribution in [-0.2, 0) is 11.2 Å². The van der Waals surface area contributed by atoms with Crippen molar-refractivity contribution < 1.29 is 9.32 Å². The van der Waals surface area contributed by atoms with Gasteiger partial charge in [0.15, 0.2) is 22.9 Å². The lowest BCUT2D eigenvalue weighted by atomic mass is 9.83.